The van der Waals surface area contributed by atoms with Crippen LogP contribution in [-0.2, 0) is 21.2 Å². The zero-order valence-electron chi connectivity index (χ0n) is 12.9. The van der Waals surface area contributed by atoms with Gasteiger partial charge in [-0.05, 0) is 18.4 Å². The lowest BCUT2D eigenvalue weighted by molar-refractivity contribution is -0.134. The zero-order chi connectivity index (χ0) is 16.3. The monoisotopic (exact) mass is 326 g/mol. The summed E-state index contributed by atoms with van der Waals surface area (Å²) in [7, 11) is -3.05. The van der Waals surface area contributed by atoms with E-state index in [1.165, 1.54) is 10.6 Å². The van der Waals surface area contributed by atoms with Crippen LogP contribution in [0.2, 0.25) is 0 Å². The van der Waals surface area contributed by atoms with E-state index in [-0.39, 0.29) is 41.5 Å². The second-order valence-electron chi connectivity index (χ2n) is 6.16. The number of hydrogen-bond donors (Lipinski definition) is 0. The van der Waals surface area contributed by atoms with E-state index in [9.17, 15) is 18.0 Å². The number of hydrogen-bond acceptors (Lipinski definition) is 4. The number of carbonyl (C=O) groups excluding carboxylic acids is 1. The van der Waals surface area contributed by atoms with Crippen LogP contribution in [0.1, 0.15) is 20.3 Å². The van der Waals surface area contributed by atoms with Gasteiger partial charge < -0.3 is 9.47 Å². The van der Waals surface area contributed by atoms with E-state index in [1.54, 1.807) is 23.2 Å². The van der Waals surface area contributed by atoms with E-state index in [0.717, 1.165) is 0 Å². The lowest BCUT2D eigenvalue weighted by Crippen LogP contribution is -2.45. The van der Waals surface area contributed by atoms with Crippen molar-refractivity contribution in [3.63, 3.8) is 0 Å². The second kappa shape index (κ2) is 6.64. The number of carbonyl (C=O) groups is 1. The number of aromatic nitrogens is 1. The summed E-state index contributed by atoms with van der Waals surface area (Å²) >= 11 is 0. The van der Waals surface area contributed by atoms with Crippen LogP contribution in [0.5, 0.6) is 0 Å². The van der Waals surface area contributed by atoms with Gasteiger partial charge in [-0.2, -0.15) is 0 Å². The predicted molar refractivity (Wildman–Crippen MR) is 84.3 cm³/mol. The van der Waals surface area contributed by atoms with Crippen LogP contribution in [-0.4, -0.2) is 47.9 Å². The molecule has 1 aromatic heterocycles. The lowest BCUT2D eigenvalue weighted by Gasteiger charge is -2.30. The Bertz CT molecular complexity index is 693. The highest BCUT2D eigenvalue weighted by Crippen LogP contribution is 2.19. The summed E-state index contributed by atoms with van der Waals surface area (Å²) in [5.74, 6) is 0.184. The van der Waals surface area contributed by atoms with E-state index >= 15 is 0 Å². The molecule has 1 aromatic rings. The van der Waals surface area contributed by atoms with Gasteiger partial charge in [0.15, 0.2) is 9.84 Å². The molecular formula is C15H22N2O4S. The average molecular weight is 326 g/mol. The first kappa shape index (κ1) is 16.7. The molecule has 22 heavy (non-hydrogen) atoms. The highest BCUT2D eigenvalue weighted by Gasteiger charge is 2.34. The van der Waals surface area contributed by atoms with Crippen LogP contribution in [0.4, 0.5) is 0 Å². The third-order valence-corrected chi connectivity index (χ3v) is 5.49. The maximum absolute atomic E-state index is 12.6. The van der Waals surface area contributed by atoms with Crippen molar-refractivity contribution in [1.29, 1.82) is 0 Å². The highest BCUT2D eigenvalue weighted by molar-refractivity contribution is 7.91. The summed E-state index contributed by atoms with van der Waals surface area (Å²) in [5, 5.41) is 0. The molecule has 1 aliphatic heterocycles. The molecule has 0 spiro atoms. The van der Waals surface area contributed by atoms with Gasteiger partial charge >= 0.3 is 0 Å². The Kier molecular flexibility index (Phi) is 5.05. The van der Waals surface area contributed by atoms with Crippen molar-refractivity contribution in [2.45, 2.75) is 32.9 Å². The molecule has 2 rings (SSSR count). The van der Waals surface area contributed by atoms with Crippen molar-refractivity contribution < 1.29 is 13.2 Å². The molecule has 1 fully saturated rings. The Balaban J connectivity index is 2.17. The first-order chi connectivity index (χ1) is 10.3. The van der Waals surface area contributed by atoms with Crippen LogP contribution in [0.15, 0.2) is 29.2 Å². The van der Waals surface area contributed by atoms with Crippen molar-refractivity contribution in [1.82, 2.24) is 9.47 Å². The molecule has 0 saturated carbocycles. The van der Waals surface area contributed by atoms with Gasteiger partial charge in [-0.25, -0.2) is 8.42 Å². The molecule has 1 atom stereocenters. The lowest BCUT2D eigenvalue weighted by atomic mass is 10.1. The van der Waals surface area contributed by atoms with Crippen LogP contribution >= 0.6 is 0 Å². The fourth-order valence-electron chi connectivity index (χ4n) is 2.70. The van der Waals surface area contributed by atoms with Crippen molar-refractivity contribution in [2.24, 2.45) is 5.92 Å². The van der Waals surface area contributed by atoms with Crippen LogP contribution in [0.3, 0.4) is 0 Å². The van der Waals surface area contributed by atoms with Gasteiger partial charge in [0.2, 0.25) is 5.91 Å². The molecule has 0 radical (unpaired) electrons. The summed E-state index contributed by atoms with van der Waals surface area (Å²) in [6.45, 7) is 4.42. The largest absolute Gasteiger partial charge is 0.337 e. The maximum atomic E-state index is 12.6. The van der Waals surface area contributed by atoms with Crippen molar-refractivity contribution >= 4 is 15.7 Å². The molecule has 1 amide bonds. The fourth-order valence-corrected chi connectivity index (χ4v) is 4.43. The first-order valence-corrected chi connectivity index (χ1v) is 9.26. The second-order valence-corrected chi connectivity index (χ2v) is 8.39. The van der Waals surface area contributed by atoms with Crippen molar-refractivity contribution in [3.8, 4) is 0 Å². The van der Waals surface area contributed by atoms with Gasteiger partial charge in [0.1, 0.15) is 6.54 Å². The summed E-state index contributed by atoms with van der Waals surface area (Å²) in [5.41, 5.74) is -0.237. The van der Waals surface area contributed by atoms with Crippen LogP contribution in [0.25, 0.3) is 0 Å². The van der Waals surface area contributed by atoms with Gasteiger partial charge in [0.25, 0.3) is 5.56 Å². The SMILES string of the molecule is CC(C)CN(C(=O)Cn1ccccc1=O)[C@H]1CCS(=O)(=O)C1. The maximum Gasteiger partial charge on any atom is 0.250 e. The van der Waals surface area contributed by atoms with Gasteiger partial charge in [-0.1, -0.05) is 19.9 Å². The Labute approximate surface area is 130 Å². The third kappa shape index (κ3) is 4.19. The molecule has 0 bridgehead atoms. The summed E-state index contributed by atoms with van der Waals surface area (Å²) in [6, 6.07) is 4.44. The number of nitrogens with zero attached hydrogens (tertiary/aromatic N) is 2. The molecule has 0 aliphatic carbocycles. The molecule has 122 valence electrons. The molecular weight excluding hydrogens is 304 g/mol. The summed E-state index contributed by atoms with van der Waals surface area (Å²) in [4.78, 5) is 25.9. The summed E-state index contributed by atoms with van der Waals surface area (Å²) < 4.78 is 24.7. The number of amides is 1. The zero-order valence-corrected chi connectivity index (χ0v) is 13.8. The number of rotatable bonds is 5. The van der Waals surface area contributed by atoms with Gasteiger partial charge in [0, 0.05) is 24.8 Å². The Morgan fingerprint density at radius 2 is 2.14 bits per heavy atom. The minimum absolute atomic E-state index is 0.0230. The van der Waals surface area contributed by atoms with Gasteiger partial charge in [0.05, 0.1) is 11.5 Å². The van der Waals surface area contributed by atoms with E-state index in [2.05, 4.69) is 0 Å². The Hall–Kier alpha value is -1.63. The molecule has 6 nitrogen and oxygen atoms in total. The Morgan fingerprint density at radius 3 is 2.68 bits per heavy atom. The van der Waals surface area contributed by atoms with E-state index < -0.39 is 9.84 Å². The predicted octanol–water partition coefficient (Wildman–Crippen LogP) is 0.520. The molecule has 2 heterocycles. The standard InChI is InChI=1S/C15H22N2O4S/c1-12(2)9-17(13-6-8-22(20,21)11-13)15(19)10-16-7-4-3-5-14(16)18/h3-5,7,12-13H,6,8-11H2,1-2H3/t13-/m0/s1. The molecule has 0 aromatic carbocycles. The third-order valence-electron chi connectivity index (χ3n) is 3.74. The van der Waals surface area contributed by atoms with Crippen LogP contribution in [0, 0.1) is 5.92 Å². The van der Waals surface area contributed by atoms with Crippen LogP contribution < -0.4 is 5.56 Å². The van der Waals surface area contributed by atoms with Gasteiger partial charge in [-0.3, -0.25) is 9.59 Å². The smallest absolute Gasteiger partial charge is 0.250 e. The van der Waals surface area contributed by atoms with E-state index in [0.29, 0.717) is 13.0 Å². The number of sulfone groups is 1. The fraction of sp³-hybridized carbons (Fsp3) is 0.600. The first-order valence-electron chi connectivity index (χ1n) is 7.44. The minimum Gasteiger partial charge on any atom is -0.337 e. The molecule has 0 N–H and O–H groups in total. The van der Waals surface area contributed by atoms with E-state index in [4.69, 9.17) is 0 Å². The highest BCUT2D eigenvalue weighted by atomic mass is 32.2. The minimum atomic E-state index is -3.05. The van der Waals surface area contributed by atoms with Gasteiger partial charge in [-0.15, -0.1) is 0 Å². The topological polar surface area (TPSA) is 76.5 Å². The summed E-state index contributed by atoms with van der Waals surface area (Å²) in [6.07, 6.45) is 2.05. The molecule has 1 aliphatic rings. The molecule has 7 heteroatoms. The van der Waals surface area contributed by atoms with E-state index in [1.807, 2.05) is 13.8 Å². The number of pyridine rings is 1. The average Bonchev–Trinajstić information content (AvgIpc) is 2.78. The normalized spacial score (nSPS) is 20.2. The quantitative estimate of drug-likeness (QED) is 0.790. The van der Waals surface area contributed by atoms with Crippen molar-refractivity contribution in [2.75, 3.05) is 18.1 Å². The Morgan fingerprint density at radius 1 is 1.41 bits per heavy atom. The molecule has 0 unspecified atom stereocenters. The van der Waals surface area contributed by atoms with Crippen molar-refractivity contribution in [3.05, 3.63) is 34.7 Å². The molecule has 1 saturated heterocycles.